The molecule has 3 aromatic carbocycles. The smallest absolute Gasteiger partial charge is 0.408 e. The lowest BCUT2D eigenvalue weighted by Crippen LogP contribution is -2.37. The van der Waals surface area contributed by atoms with E-state index in [-0.39, 0.29) is 19.6 Å². The second-order valence-corrected chi connectivity index (χ2v) is 9.77. The second-order valence-electron chi connectivity index (χ2n) is 7.63. The number of benzene rings is 3. The van der Waals surface area contributed by atoms with Gasteiger partial charge in [-0.1, -0.05) is 91.0 Å². The first kappa shape index (κ1) is 25.2. The molecule has 0 aliphatic heterocycles. The molecule has 0 aliphatic rings. The lowest BCUT2D eigenvalue weighted by atomic mass is 10.1. The highest BCUT2D eigenvalue weighted by Gasteiger charge is 2.40. The van der Waals surface area contributed by atoms with E-state index in [1.807, 2.05) is 78.9 Å². The van der Waals surface area contributed by atoms with Crippen LogP contribution in [0, 0.1) is 0 Å². The summed E-state index contributed by atoms with van der Waals surface area (Å²) in [5.74, 6) is -1.86. The molecule has 0 fully saturated rings. The molecule has 8 heteroatoms. The third-order valence-corrected chi connectivity index (χ3v) is 7.09. The second kappa shape index (κ2) is 12.7. The number of ether oxygens (including phenoxy) is 1. The minimum atomic E-state index is -4.10. The standard InChI is InChI=1S/C26H28NO6P/c1-21(28)33-34(30,32-20-24-15-9-4-10-16-24)25(18-17-22-11-5-2-6-12-22)27-26(29)31-19-23-13-7-3-8-14-23/h2-16,25H,17-20H2,1H3,(H,27,29). The van der Waals surface area contributed by atoms with E-state index in [4.69, 9.17) is 13.8 Å². The minimum absolute atomic E-state index is 0.0425. The molecule has 34 heavy (non-hydrogen) atoms. The predicted molar refractivity (Wildman–Crippen MR) is 129 cm³/mol. The maximum Gasteiger partial charge on any atom is 0.408 e. The Morgan fingerprint density at radius 1 is 0.794 bits per heavy atom. The Morgan fingerprint density at radius 3 is 1.82 bits per heavy atom. The Kier molecular flexibility index (Phi) is 9.44. The zero-order valence-corrected chi connectivity index (χ0v) is 19.9. The average molecular weight is 481 g/mol. The molecule has 7 nitrogen and oxygen atoms in total. The number of hydrogen-bond donors (Lipinski definition) is 1. The van der Waals surface area contributed by atoms with E-state index in [0.717, 1.165) is 23.6 Å². The van der Waals surface area contributed by atoms with Crippen LogP contribution in [0.3, 0.4) is 0 Å². The van der Waals surface area contributed by atoms with E-state index in [1.54, 1.807) is 12.1 Å². The summed E-state index contributed by atoms with van der Waals surface area (Å²) in [5.41, 5.74) is 2.54. The summed E-state index contributed by atoms with van der Waals surface area (Å²) in [6.07, 6.45) is -0.0913. The van der Waals surface area contributed by atoms with Gasteiger partial charge in [0.2, 0.25) is 0 Å². The Bertz CT molecular complexity index is 1090. The van der Waals surface area contributed by atoms with Crippen molar-refractivity contribution in [3.8, 4) is 0 Å². The number of carbonyl (C=O) groups is 2. The molecule has 1 N–H and O–H groups in total. The molecular formula is C26H28NO6P. The number of rotatable bonds is 11. The average Bonchev–Trinajstić information content (AvgIpc) is 2.85. The van der Waals surface area contributed by atoms with Crippen molar-refractivity contribution in [2.45, 2.75) is 38.8 Å². The molecule has 0 saturated heterocycles. The summed E-state index contributed by atoms with van der Waals surface area (Å²) in [6, 6.07) is 27.8. The van der Waals surface area contributed by atoms with Gasteiger partial charge in [-0.25, -0.2) is 9.36 Å². The summed E-state index contributed by atoms with van der Waals surface area (Å²) in [4.78, 5) is 24.4. The van der Waals surface area contributed by atoms with E-state index < -0.39 is 25.4 Å². The fraction of sp³-hybridized carbons (Fsp3) is 0.231. The molecule has 2 unspecified atom stereocenters. The monoisotopic (exact) mass is 481 g/mol. The number of amides is 1. The quantitative estimate of drug-likeness (QED) is 0.346. The molecule has 0 bridgehead atoms. The van der Waals surface area contributed by atoms with Crippen molar-refractivity contribution in [2.24, 2.45) is 0 Å². The first-order valence-corrected chi connectivity index (χ1v) is 12.6. The zero-order chi connectivity index (χ0) is 24.2. The summed E-state index contributed by atoms with van der Waals surface area (Å²) in [6.45, 7) is 1.15. The van der Waals surface area contributed by atoms with Gasteiger partial charge in [-0.15, -0.1) is 0 Å². The minimum Gasteiger partial charge on any atom is -0.445 e. The highest BCUT2D eigenvalue weighted by atomic mass is 31.2. The van der Waals surface area contributed by atoms with E-state index in [9.17, 15) is 14.2 Å². The van der Waals surface area contributed by atoms with Gasteiger partial charge in [-0.3, -0.25) is 9.32 Å². The molecule has 178 valence electrons. The lowest BCUT2D eigenvalue weighted by molar-refractivity contribution is -0.132. The van der Waals surface area contributed by atoms with Gasteiger partial charge in [-0.05, 0) is 29.5 Å². The third-order valence-electron chi connectivity index (χ3n) is 4.94. The highest BCUT2D eigenvalue weighted by Crippen LogP contribution is 2.54. The Hall–Kier alpha value is -3.41. The van der Waals surface area contributed by atoms with E-state index in [2.05, 4.69) is 5.32 Å². The van der Waals surface area contributed by atoms with Crippen LogP contribution < -0.4 is 5.32 Å². The van der Waals surface area contributed by atoms with Crippen LogP contribution in [0.2, 0.25) is 0 Å². The molecule has 3 rings (SSSR count). The first-order valence-electron chi connectivity index (χ1n) is 10.9. The number of nitrogens with one attached hydrogen (secondary N) is 1. The topological polar surface area (TPSA) is 90.9 Å². The fourth-order valence-electron chi connectivity index (χ4n) is 3.26. The van der Waals surface area contributed by atoms with Crippen LogP contribution in [0.5, 0.6) is 0 Å². The molecule has 0 radical (unpaired) electrons. The third kappa shape index (κ3) is 8.18. The molecule has 0 aliphatic carbocycles. The Morgan fingerprint density at radius 2 is 1.29 bits per heavy atom. The van der Waals surface area contributed by atoms with E-state index in [1.165, 1.54) is 0 Å². The summed E-state index contributed by atoms with van der Waals surface area (Å²) in [7, 11) is -4.10. The normalized spacial score (nSPS) is 13.3. The van der Waals surface area contributed by atoms with Gasteiger partial charge in [0.05, 0.1) is 6.61 Å². The summed E-state index contributed by atoms with van der Waals surface area (Å²) >= 11 is 0. The number of carbonyl (C=O) groups excluding carboxylic acids is 2. The van der Waals surface area contributed by atoms with Crippen LogP contribution in [0.15, 0.2) is 91.0 Å². The number of alkyl carbamates (subject to hydrolysis) is 1. The van der Waals surface area contributed by atoms with Gasteiger partial charge < -0.3 is 14.6 Å². The molecular weight excluding hydrogens is 453 g/mol. The zero-order valence-electron chi connectivity index (χ0n) is 19.0. The van der Waals surface area contributed by atoms with Crippen LogP contribution in [-0.4, -0.2) is 17.8 Å². The Balaban J connectivity index is 1.76. The van der Waals surface area contributed by atoms with Crippen LogP contribution in [-0.2, 0) is 42.8 Å². The molecule has 2 atom stereocenters. The largest absolute Gasteiger partial charge is 0.445 e. The van der Waals surface area contributed by atoms with E-state index in [0.29, 0.717) is 6.42 Å². The van der Waals surface area contributed by atoms with Gasteiger partial charge in [0.25, 0.3) is 0 Å². The van der Waals surface area contributed by atoms with Crippen LogP contribution in [0.25, 0.3) is 0 Å². The van der Waals surface area contributed by atoms with Gasteiger partial charge in [-0.2, -0.15) is 0 Å². The maximum absolute atomic E-state index is 13.8. The molecule has 1 amide bonds. The van der Waals surface area contributed by atoms with Crippen molar-refractivity contribution in [3.05, 3.63) is 108 Å². The SMILES string of the molecule is CC(=O)OP(=O)(OCc1ccccc1)C(CCc1ccccc1)NC(=O)OCc1ccccc1. The maximum atomic E-state index is 13.8. The van der Waals surface area contributed by atoms with E-state index >= 15 is 0 Å². The molecule has 3 aromatic rings. The number of aryl methyl sites for hydroxylation is 1. The van der Waals surface area contributed by atoms with Crippen LogP contribution in [0.1, 0.15) is 30.0 Å². The molecule has 0 saturated carbocycles. The van der Waals surface area contributed by atoms with Gasteiger partial charge >= 0.3 is 19.7 Å². The van der Waals surface area contributed by atoms with Crippen molar-refractivity contribution in [3.63, 3.8) is 0 Å². The van der Waals surface area contributed by atoms with Crippen LogP contribution in [0.4, 0.5) is 4.79 Å². The molecule has 0 spiro atoms. The first-order chi connectivity index (χ1) is 16.4. The van der Waals surface area contributed by atoms with Gasteiger partial charge in [0.15, 0.2) is 0 Å². The summed E-state index contributed by atoms with van der Waals surface area (Å²) in [5, 5.41) is 2.61. The van der Waals surface area contributed by atoms with Crippen molar-refractivity contribution in [1.82, 2.24) is 5.32 Å². The lowest BCUT2D eigenvalue weighted by Gasteiger charge is -2.26. The predicted octanol–water partition coefficient (Wildman–Crippen LogP) is 5.84. The fourth-order valence-corrected chi connectivity index (χ4v) is 5.01. The Labute approximate surface area is 199 Å². The van der Waals surface area contributed by atoms with Crippen molar-refractivity contribution in [2.75, 3.05) is 0 Å². The van der Waals surface area contributed by atoms with Crippen molar-refractivity contribution >= 4 is 19.7 Å². The highest BCUT2D eigenvalue weighted by molar-refractivity contribution is 7.55. The van der Waals surface area contributed by atoms with Crippen LogP contribution >= 0.6 is 7.60 Å². The van der Waals surface area contributed by atoms with Gasteiger partial charge in [0, 0.05) is 6.92 Å². The van der Waals surface area contributed by atoms with Crippen molar-refractivity contribution in [1.29, 1.82) is 0 Å². The van der Waals surface area contributed by atoms with Gasteiger partial charge in [0.1, 0.15) is 12.4 Å². The summed E-state index contributed by atoms with van der Waals surface area (Å²) < 4.78 is 30.0. The van der Waals surface area contributed by atoms with Crippen molar-refractivity contribution < 1.29 is 27.9 Å². The molecule has 0 aromatic heterocycles. The number of hydrogen-bond acceptors (Lipinski definition) is 6. The molecule has 0 heterocycles.